The summed E-state index contributed by atoms with van der Waals surface area (Å²) in [4.78, 5) is 4.20. The molecule has 8 heteroatoms. The fourth-order valence-corrected chi connectivity index (χ4v) is 3.83. The number of benzene rings is 2. The van der Waals surface area contributed by atoms with Crippen molar-refractivity contribution in [3.8, 4) is 11.5 Å². The number of halogens is 2. The molecule has 2 heterocycles. The smallest absolute Gasteiger partial charge is 0.173 e. The summed E-state index contributed by atoms with van der Waals surface area (Å²) in [5, 5.41) is 0. The van der Waals surface area contributed by atoms with E-state index in [1.807, 2.05) is 52.5 Å². The van der Waals surface area contributed by atoms with Gasteiger partial charge in [-0.05, 0) is 48.5 Å². The standard InChI is InChI=1S/C30H36N4O2.2BrH/c1-31(2)27-13-17-33(18-14-27)23-25-5-9-29(10-6-25)35-21-22-36-30-11-7-26(8-12-30)24-34-19-15-28(16-20-34)32(3)4;;/h5-20H,21-24H2,1-4H3;2*1H/q+2;;. The van der Waals surface area contributed by atoms with Gasteiger partial charge in [0.15, 0.2) is 37.9 Å². The Morgan fingerprint density at radius 1 is 0.500 bits per heavy atom. The minimum atomic E-state index is 0. The number of aromatic nitrogens is 2. The zero-order valence-corrected chi connectivity index (χ0v) is 25.9. The first kappa shape index (κ1) is 31.1. The van der Waals surface area contributed by atoms with E-state index in [1.54, 1.807) is 0 Å². The van der Waals surface area contributed by atoms with E-state index in [2.05, 4.69) is 92.3 Å². The Morgan fingerprint density at radius 3 is 1.11 bits per heavy atom. The van der Waals surface area contributed by atoms with Gasteiger partial charge in [0.2, 0.25) is 0 Å². The van der Waals surface area contributed by atoms with Gasteiger partial charge < -0.3 is 19.3 Å². The highest BCUT2D eigenvalue weighted by Gasteiger charge is 2.06. The van der Waals surface area contributed by atoms with Crippen LogP contribution in [0.4, 0.5) is 11.4 Å². The van der Waals surface area contributed by atoms with Crippen molar-refractivity contribution in [1.29, 1.82) is 0 Å². The Morgan fingerprint density at radius 2 is 0.816 bits per heavy atom. The second-order valence-electron chi connectivity index (χ2n) is 9.23. The second kappa shape index (κ2) is 15.3. The fraction of sp³-hybridized carbons (Fsp3) is 0.267. The lowest BCUT2D eigenvalue weighted by Gasteiger charge is -2.11. The largest absolute Gasteiger partial charge is 0.490 e. The minimum absolute atomic E-state index is 0. The fourth-order valence-electron chi connectivity index (χ4n) is 3.83. The zero-order valence-electron chi connectivity index (χ0n) is 22.5. The lowest BCUT2D eigenvalue weighted by Crippen LogP contribution is -2.33. The molecule has 6 nitrogen and oxygen atoms in total. The quantitative estimate of drug-likeness (QED) is 0.168. The van der Waals surface area contributed by atoms with E-state index in [9.17, 15) is 0 Å². The zero-order chi connectivity index (χ0) is 25.3. The van der Waals surface area contributed by atoms with Gasteiger partial charge in [-0.25, -0.2) is 9.13 Å². The molecule has 2 aromatic heterocycles. The third-order valence-corrected chi connectivity index (χ3v) is 5.98. The molecule has 0 aliphatic carbocycles. The monoisotopic (exact) mass is 644 g/mol. The van der Waals surface area contributed by atoms with Crippen LogP contribution in [0.5, 0.6) is 11.5 Å². The summed E-state index contributed by atoms with van der Waals surface area (Å²) in [6, 6.07) is 25.0. The molecule has 202 valence electrons. The van der Waals surface area contributed by atoms with Crippen LogP contribution in [0.25, 0.3) is 0 Å². The van der Waals surface area contributed by atoms with Gasteiger partial charge >= 0.3 is 0 Å². The number of anilines is 2. The summed E-state index contributed by atoms with van der Waals surface area (Å²) in [6.07, 6.45) is 8.41. The summed E-state index contributed by atoms with van der Waals surface area (Å²) < 4.78 is 16.1. The molecule has 0 spiro atoms. The van der Waals surface area contributed by atoms with Crippen LogP contribution in [0, 0.1) is 0 Å². The lowest BCUT2D eigenvalue weighted by atomic mass is 10.2. The van der Waals surface area contributed by atoms with E-state index in [-0.39, 0.29) is 34.0 Å². The Labute approximate surface area is 247 Å². The third-order valence-electron chi connectivity index (χ3n) is 5.98. The Hall–Kier alpha value is -3.10. The molecule has 0 atom stereocenters. The molecule has 0 fully saturated rings. The maximum atomic E-state index is 5.86. The first-order valence-corrected chi connectivity index (χ1v) is 12.2. The summed E-state index contributed by atoms with van der Waals surface area (Å²) >= 11 is 0. The van der Waals surface area contributed by atoms with Crippen molar-refractivity contribution in [2.24, 2.45) is 0 Å². The van der Waals surface area contributed by atoms with Gasteiger partial charge in [-0.1, -0.05) is 0 Å². The molecule has 0 saturated carbocycles. The van der Waals surface area contributed by atoms with Crippen molar-refractivity contribution in [3.63, 3.8) is 0 Å². The van der Waals surface area contributed by atoms with Gasteiger partial charge in [0.05, 0.1) is 0 Å². The maximum absolute atomic E-state index is 5.86. The number of ether oxygens (including phenoxy) is 2. The van der Waals surface area contributed by atoms with E-state index in [1.165, 1.54) is 22.5 Å². The molecule has 0 bridgehead atoms. The topological polar surface area (TPSA) is 32.7 Å². The molecule has 4 aromatic rings. The molecular weight excluding hydrogens is 608 g/mol. The second-order valence-corrected chi connectivity index (χ2v) is 9.23. The lowest BCUT2D eigenvalue weighted by molar-refractivity contribution is -0.688. The Kier molecular flexibility index (Phi) is 12.6. The predicted molar refractivity (Wildman–Crippen MR) is 165 cm³/mol. The van der Waals surface area contributed by atoms with Crippen molar-refractivity contribution >= 4 is 45.3 Å². The SMILES string of the molecule is Br.Br.CN(C)c1cc[n+](Cc2ccc(OCCOc3ccc(C[n+]4ccc(N(C)C)cc4)cc3)cc2)cc1. The van der Waals surface area contributed by atoms with Crippen LogP contribution in [-0.2, 0) is 13.1 Å². The molecule has 0 radical (unpaired) electrons. The molecule has 0 aliphatic heterocycles. The van der Waals surface area contributed by atoms with E-state index < -0.39 is 0 Å². The van der Waals surface area contributed by atoms with E-state index in [4.69, 9.17) is 9.47 Å². The molecule has 2 aromatic carbocycles. The Bertz CT molecular complexity index is 1120. The highest BCUT2D eigenvalue weighted by molar-refractivity contribution is 8.93. The van der Waals surface area contributed by atoms with Crippen molar-refractivity contribution < 1.29 is 18.6 Å². The first-order valence-electron chi connectivity index (χ1n) is 12.2. The molecule has 0 N–H and O–H groups in total. The number of rotatable bonds is 11. The normalized spacial score (nSPS) is 10.1. The van der Waals surface area contributed by atoms with Crippen molar-refractivity contribution in [3.05, 3.63) is 109 Å². The summed E-state index contributed by atoms with van der Waals surface area (Å²) in [6.45, 7) is 2.64. The summed E-state index contributed by atoms with van der Waals surface area (Å²) in [7, 11) is 8.19. The van der Waals surface area contributed by atoms with Gasteiger partial charge in [-0.15, -0.1) is 34.0 Å². The van der Waals surface area contributed by atoms with Gasteiger partial charge in [-0.2, -0.15) is 0 Å². The molecular formula is C30H38Br2N4O2+2. The molecule has 0 saturated heterocycles. The first-order chi connectivity index (χ1) is 17.5. The molecule has 4 rings (SSSR count). The Balaban J connectivity index is 0.00000253. The molecule has 0 amide bonds. The minimum Gasteiger partial charge on any atom is -0.490 e. The summed E-state index contributed by atoms with van der Waals surface area (Å²) in [5.41, 5.74) is 4.84. The molecule has 0 aliphatic rings. The van der Waals surface area contributed by atoms with Gasteiger partial charge in [0.1, 0.15) is 24.7 Å². The van der Waals surface area contributed by atoms with Gasteiger partial charge in [0.25, 0.3) is 0 Å². The summed E-state index contributed by atoms with van der Waals surface area (Å²) in [5.74, 6) is 1.70. The number of pyridine rings is 2. The van der Waals surface area contributed by atoms with E-state index >= 15 is 0 Å². The highest BCUT2D eigenvalue weighted by atomic mass is 79.9. The van der Waals surface area contributed by atoms with Crippen LogP contribution < -0.4 is 28.4 Å². The van der Waals surface area contributed by atoms with Crippen molar-refractivity contribution in [1.82, 2.24) is 0 Å². The van der Waals surface area contributed by atoms with Crippen LogP contribution in [0.1, 0.15) is 11.1 Å². The predicted octanol–water partition coefficient (Wildman–Crippen LogP) is 5.10. The van der Waals surface area contributed by atoms with Crippen LogP contribution in [0.15, 0.2) is 97.6 Å². The average molecular weight is 646 g/mol. The van der Waals surface area contributed by atoms with Crippen molar-refractivity contribution in [2.75, 3.05) is 51.2 Å². The number of hydrogen-bond acceptors (Lipinski definition) is 4. The number of nitrogens with zero attached hydrogens (tertiary/aromatic N) is 4. The van der Waals surface area contributed by atoms with Crippen LogP contribution >= 0.6 is 34.0 Å². The molecule has 38 heavy (non-hydrogen) atoms. The highest BCUT2D eigenvalue weighted by Crippen LogP contribution is 2.15. The van der Waals surface area contributed by atoms with Crippen molar-refractivity contribution in [2.45, 2.75) is 13.1 Å². The van der Waals surface area contributed by atoms with E-state index in [0.717, 1.165) is 24.6 Å². The average Bonchev–Trinajstić information content (AvgIpc) is 2.89. The maximum Gasteiger partial charge on any atom is 0.173 e. The number of hydrogen-bond donors (Lipinski definition) is 0. The van der Waals surface area contributed by atoms with Crippen LogP contribution in [0.2, 0.25) is 0 Å². The third kappa shape index (κ3) is 9.33. The van der Waals surface area contributed by atoms with Gasteiger partial charge in [-0.3, -0.25) is 0 Å². The van der Waals surface area contributed by atoms with E-state index in [0.29, 0.717) is 13.2 Å². The molecule has 0 unspecified atom stereocenters. The van der Waals surface area contributed by atoms with Gasteiger partial charge in [0, 0.05) is 75.0 Å². The van der Waals surface area contributed by atoms with Crippen LogP contribution in [-0.4, -0.2) is 41.4 Å². The van der Waals surface area contributed by atoms with Crippen LogP contribution in [0.3, 0.4) is 0 Å².